The number of amides is 1. The number of ether oxygens (including phenoxy) is 1. The highest BCUT2D eigenvalue weighted by Crippen LogP contribution is 2.55. The van der Waals surface area contributed by atoms with E-state index in [0.717, 1.165) is 19.3 Å². The zero-order valence-electron chi connectivity index (χ0n) is 18.4. The summed E-state index contributed by atoms with van der Waals surface area (Å²) in [6.45, 7) is -0.236. The molecule has 2 aromatic rings. The average molecular weight is 455 g/mol. The molecular weight excluding hydrogens is 424 g/mol. The minimum atomic E-state index is -3.92. The van der Waals surface area contributed by atoms with Crippen LogP contribution in [0.2, 0.25) is 0 Å². The largest absolute Gasteiger partial charge is 0.497 e. The Labute approximate surface area is 190 Å². The molecule has 0 unspecified atom stereocenters. The van der Waals surface area contributed by atoms with Gasteiger partial charge in [-0.2, -0.15) is 0 Å². The standard InChI is InChI=1S/C25H30N2O4S/c1-31-22-7-9-23(10-8-22)32(29,30)27(21-5-3-2-4-6-21)17-24(28)26-25-14-18-11-19(15-25)13-20(12-18)16-25/h2-10,18-20H,11-17H2,1H3,(H,26,28). The number of anilines is 1. The van der Waals surface area contributed by atoms with Crippen molar-refractivity contribution in [2.75, 3.05) is 18.0 Å². The van der Waals surface area contributed by atoms with Crippen LogP contribution in [0.15, 0.2) is 59.5 Å². The summed E-state index contributed by atoms with van der Waals surface area (Å²) in [6.07, 6.45) is 6.95. The lowest BCUT2D eigenvalue weighted by Crippen LogP contribution is -2.61. The van der Waals surface area contributed by atoms with Crippen molar-refractivity contribution in [2.24, 2.45) is 17.8 Å². The maximum Gasteiger partial charge on any atom is 0.264 e. The summed E-state index contributed by atoms with van der Waals surface area (Å²) in [5, 5.41) is 3.30. The number of hydrogen-bond donors (Lipinski definition) is 1. The van der Waals surface area contributed by atoms with E-state index in [2.05, 4.69) is 5.32 Å². The second kappa shape index (κ2) is 8.10. The number of methoxy groups -OCH3 is 1. The molecule has 170 valence electrons. The molecule has 1 amide bonds. The molecular formula is C25H30N2O4S. The molecule has 4 fully saturated rings. The third kappa shape index (κ3) is 3.98. The summed E-state index contributed by atoms with van der Waals surface area (Å²) in [6, 6.07) is 15.1. The van der Waals surface area contributed by atoms with Crippen LogP contribution in [0.25, 0.3) is 0 Å². The number of carbonyl (C=O) groups excluding carboxylic acids is 1. The number of nitrogens with zero attached hydrogens (tertiary/aromatic N) is 1. The van der Waals surface area contributed by atoms with Crippen LogP contribution >= 0.6 is 0 Å². The molecule has 0 saturated heterocycles. The molecule has 6 rings (SSSR count). The molecule has 6 nitrogen and oxygen atoms in total. The van der Waals surface area contributed by atoms with Gasteiger partial charge in [0.1, 0.15) is 12.3 Å². The van der Waals surface area contributed by atoms with Crippen LogP contribution in [-0.4, -0.2) is 33.5 Å². The predicted octanol–water partition coefficient (Wildman–Crippen LogP) is 3.98. The lowest BCUT2D eigenvalue weighted by molar-refractivity contribution is -0.125. The molecule has 4 aliphatic rings. The van der Waals surface area contributed by atoms with E-state index in [1.165, 1.54) is 42.8 Å². The summed E-state index contributed by atoms with van der Waals surface area (Å²) in [5.74, 6) is 2.46. The third-order valence-electron chi connectivity index (χ3n) is 7.42. The molecule has 4 saturated carbocycles. The van der Waals surface area contributed by atoms with Gasteiger partial charge in [-0.3, -0.25) is 9.10 Å². The molecule has 32 heavy (non-hydrogen) atoms. The fourth-order valence-electron chi connectivity index (χ4n) is 6.51. The van der Waals surface area contributed by atoms with Gasteiger partial charge in [0.25, 0.3) is 10.0 Å². The minimum Gasteiger partial charge on any atom is -0.497 e. The van der Waals surface area contributed by atoms with Crippen molar-refractivity contribution in [1.29, 1.82) is 0 Å². The SMILES string of the molecule is COc1ccc(S(=O)(=O)N(CC(=O)NC23CC4CC(CC(C4)C2)C3)c2ccccc2)cc1. The Morgan fingerprint density at radius 1 is 0.969 bits per heavy atom. The lowest BCUT2D eigenvalue weighted by Gasteiger charge is -2.57. The molecule has 4 aliphatic carbocycles. The molecule has 0 aromatic heterocycles. The predicted molar refractivity (Wildman–Crippen MR) is 123 cm³/mol. The highest BCUT2D eigenvalue weighted by molar-refractivity contribution is 7.92. The molecule has 1 N–H and O–H groups in total. The topological polar surface area (TPSA) is 75.7 Å². The van der Waals surface area contributed by atoms with Gasteiger partial charge in [-0.25, -0.2) is 8.42 Å². The van der Waals surface area contributed by atoms with E-state index in [4.69, 9.17) is 4.74 Å². The molecule has 0 radical (unpaired) electrons. The Balaban J connectivity index is 1.40. The fourth-order valence-corrected chi connectivity index (χ4v) is 7.93. The minimum absolute atomic E-state index is 0.129. The second-order valence-corrected chi connectivity index (χ2v) is 11.6. The number of hydrogen-bond acceptors (Lipinski definition) is 4. The third-order valence-corrected chi connectivity index (χ3v) is 9.21. The van der Waals surface area contributed by atoms with Gasteiger partial charge in [-0.1, -0.05) is 18.2 Å². The van der Waals surface area contributed by atoms with Crippen LogP contribution in [0.1, 0.15) is 38.5 Å². The van der Waals surface area contributed by atoms with Crippen molar-refractivity contribution in [3.05, 3.63) is 54.6 Å². The molecule has 0 heterocycles. The first-order chi connectivity index (χ1) is 15.4. The van der Waals surface area contributed by atoms with Crippen LogP contribution in [0.4, 0.5) is 5.69 Å². The van der Waals surface area contributed by atoms with Gasteiger partial charge in [-0.05, 0) is 92.7 Å². The van der Waals surface area contributed by atoms with Gasteiger partial charge < -0.3 is 10.1 Å². The van der Waals surface area contributed by atoms with Crippen LogP contribution in [0.3, 0.4) is 0 Å². The van der Waals surface area contributed by atoms with E-state index in [9.17, 15) is 13.2 Å². The van der Waals surface area contributed by atoms with Crippen molar-refractivity contribution in [1.82, 2.24) is 5.32 Å². The maximum atomic E-state index is 13.5. The van der Waals surface area contributed by atoms with Crippen molar-refractivity contribution in [2.45, 2.75) is 49.0 Å². The normalized spacial score (nSPS) is 28.3. The summed E-state index contributed by atoms with van der Waals surface area (Å²) in [5.41, 5.74) is 0.321. The molecule has 4 bridgehead atoms. The first-order valence-electron chi connectivity index (χ1n) is 11.4. The Kier molecular flexibility index (Phi) is 5.40. The maximum absolute atomic E-state index is 13.5. The van der Waals surface area contributed by atoms with E-state index in [1.54, 1.807) is 36.4 Å². The number of carbonyl (C=O) groups is 1. The zero-order chi connectivity index (χ0) is 22.3. The highest BCUT2D eigenvalue weighted by atomic mass is 32.2. The van der Waals surface area contributed by atoms with Crippen LogP contribution in [0, 0.1) is 17.8 Å². The smallest absolute Gasteiger partial charge is 0.264 e. The van der Waals surface area contributed by atoms with Crippen molar-refractivity contribution < 1.29 is 17.9 Å². The lowest BCUT2D eigenvalue weighted by atomic mass is 9.53. The number of nitrogens with one attached hydrogen (secondary N) is 1. The summed E-state index contributed by atoms with van der Waals surface area (Å²) in [4.78, 5) is 13.4. The van der Waals surface area contributed by atoms with Gasteiger partial charge in [0.05, 0.1) is 17.7 Å². The monoisotopic (exact) mass is 454 g/mol. The van der Waals surface area contributed by atoms with Crippen LogP contribution in [-0.2, 0) is 14.8 Å². The van der Waals surface area contributed by atoms with Crippen molar-refractivity contribution >= 4 is 21.6 Å². The van der Waals surface area contributed by atoms with E-state index < -0.39 is 10.0 Å². The summed E-state index contributed by atoms with van der Waals surface area (Å²) in [7, 11) is -2.39. The number of rotatable bonds is 7. The average Bonchev–Trinajstić information content (AvgIpc) is 2.77. The second-order valence-electron chi connectivity index (χ2n) is 9.77. The van der Waals surface area contributed by atoms with E-state index in [0.29, 0.717) is 29.2 Å². The molecule has 0 aliphatic heterocycles. The molecule has 0 atom stereocenters. The van der Waals surface area contributed by atoms with Gasteiger partial charge in [-0.15, -0.1) is 0 Å². The fraction of sp³-hybridized carbons (Fsp3) is 0.480. The number of para-hydroxylation sites is 1. The van der Waals surface area contributed by atoms with Gasteiger partial charge >= 0.3 is 0 Å². The Morgan fingerprint density at radius 3 is 2.06 bits per heavy atom. The van der Waals surface area contributed by atoms with Crippen molar-refractivity contribution in [3.63, 3.8) is 0 Å². The first-order valence-corrected chi connectivity index (χ1v) is 12.8. The van der Waals surface area contributed by atoms with E-state index >= 15 is 0 Å². The highest BCUT2D eigenvalue weighted by Gasteiger charge is 2.51. The summed E-state index contributed by atoms with van der Waals surface area (Å²) < 4.78 is 33.4. The van der Waals surface area contributed by atoms with Crippen molar-refractivity contribution in [3.8, 4) is 5.75 Å². The molecule has 2 aromatic carbocycles. The Hall–Kier alpha value is -2.54. The van der Waals surface area contributed by atoms with Gasteiger partial charge in [0, 0.05) is 5.54 Å². The molecule has 0 spiro atoms. The van der Waals surface area contributed by atoms with Crippen LogP contribution < -0.4 is 14.4 Å². The summed E-state index contributed by atoms with van der Waals surface area (Å²) >= 11 is 0. The molecule has 7 heteroatoms. The Morgan fingerprint density at radius 2 is 1.53 bits per heavy atom. The number of sulfonamides is 1. The van der Waals surface area contributed by atoms with Gasteiger partial charge in [0.2, 0.25) is 5.91 Å². The Bertz CT molecular complexity index is 1050. The van der Waals surface area contributed by atoms with Crippen LogP contribution in [0.5, 0.6) is 5.75 Å². The van der Waals surface area contributed by atoms with E-state index in [1.807, 2.05) is 6.07 Å². The number of benzene rings is 2. The first kappa shape index (κ1) is 21.3. The van der Waals surface area contributed by atoms with E-state index in [-0.39, 0.29) is 22.9 Å². The quantitative estimate of drug-likeness (QED) is 0.687. The zero-order valence-corrected chi connectivity index (χ0v) is 19.2. The van der Waals surface area contributed by atoms with Gasteiger partial charge in [0.15, 0.2) is 0 Å².